The lowest BCUT2D eigenvalue weighted by Gasteiger charge is -2.03. The van der Waals surface area contributed by atoms with Gasteiger partial charge >= 0.3 is 6.03 Å². The van der Waals surface area contributed by atoms with Crippen molar-refractivity contribution in [1.82, 2.24) is 20.3 Å². The van der Waals surface area contributed by atoms with Gasteiger partial charge in [-0.1, -0.05) is 82.6 Å². The van der Waals surface area contributed by atoms with Gasteiger partial charge in [0.25, 0.3) is 0 Å². The average Bonchev–Trinajstić information content (AvgIpc) is 3.19. The number of carbonyl (C=O) groups is 1. The molecule has 4 aromatic rings. The van der Waals surface area contributed by atoms with Gasteiger partial charge in [0.15, 0.2) is 0 Å². The second-order valence-corrected chi connectivity index (χ2v) is 7.22. The zero-order valence-corrected chi connectivity index (χ0v) is 16.7. The molecule has 1 amide bonds. The molecule has 1 heterocycles. The van der Waals surface area contributed by atoms with Crippen LogP contribution in [0.1, 0.15) is 5.56 Å². The van der Waals surface area contributed by atoms with Crippen molar-refractivity contribution in [3.05, 3.63) is 94.5 Å². The van der Waals surface area contributed by atoms with Gasteiger partial charge in [0, 0.05) is 27.7 Å². The van der Waals surface area contributed by atoms with Gasteiger partial charge in [-0.05, 0) is 29.8 Å². The third-order valence-electron chi connectivity index (χ3n) is 4.32. The lowest BCUT2D eigenvalue weighted by molar-refractivity contribution is 0.235. The summed E-state index contributed by atoms with van der Waals surface area (Å²) in [5.74, 6) is 0. The first kappa shape index (κ1) is 19.2. The Kier molecular flexibility index (Phi) is 5.60. The Hall–Kier alpha value is -3.15. The number of nitrogens with one attached hydrogen (secondary N) is 1. The Bertz CT molecular complexity index is 1060. The highest BCUT2D eigenvalue weighted by Gasteiger charge is 2.18. The maximum atomic E-state index is 12.6. The topological polar surface area (TPSA) is 59.8 Å². The first-order valence-electron chi connectivity index (χ1n) is 8.91. The number of hydrogen-bond donors (Lipinski definition) is 1. The second-order valence-electron chi connectivity index (χ2n) is 6.34. The zero-order valence-electron chi connectivity index (χ0n) is 15.2. The highest BCUT2D eigenvalue weighted by atomic mass is 35.5. The molecule has 1 N–H and O–H groups in total. The highest BCUT2D eigenvalue weighted by molar-refractivity contribution is 6.31. The monoisotopic (exact) mass is 422 g/mol. The Labute approximate surface area is 177 Å². The van der Waals surface area contributed by atoms with Crippen LogP contribution in [-0.4, -0.2) is 21.0 Å². The molecule has 0 bridgehead atoms. The maximum absolute atomic E-state index is 12.6. The van der Waals surface area contributed by atoms with Crippen LogP contribution in [-0.2, 0) is 6.54 Å². The van der Waals surface area contributed by atoms with Crippen LogP contribution in [0.15, 0.2) is 78.9 Å². The van der Waals surface area contributed by atoms with Crippen LogP contribution < -0.4 is 5.32 Å². The predicted octanol–water partition coefficient (Wildman–Crippen LogP) is 5.68. The number of aromatic nitrogens is 3. The summed E-state index contributed by atoms with van der Waals surface area (Å²) in [4.78, 5) is 13.7. The van der Waals surface area contributed by atoms with Crippen molar-refractivity contribution in [2.45, 2.75) is 6.54 Å². The molecule has 3 aromatic carbocycles. The first-order valence-corrected chi connectivity index (χ1v) is 9.67. The van der Waals surface area contributed by atoms with Gasteiger partial charge in [-0.2, -0.15) is 0 Å². The van der Waals surface area contributed by atoms with Gasteiger partial charge in [-0.3, -0.25) is 0 Å². The number of nitrogens with zero attached hydrogens (tertiary/aromatic N) is 3. The third kappa shape index (κ3) is 4.47. The molecule has 0 fully saturated rings. The SMILES string of the molecule is O=C(NCc1ccccc1)n1nc(-c2ccc(Cl)cc2)c(-c2ccc(Cl)cc2)n1. The first-order chi connectivity index (χ1) is 14.1. The number of amides is 1. The quantitative estimate of drug-likeness (QED) is 0.460. The van der Waals surface area contributed by atoms with Crippen molar-refractivity contribution in [2.75, 3.05) is 0 Å². The van der Waals surface area contributed by atoms with E-state index >= 15 is 0 Å². The number of carbonyl (C=O) groups excluding carboxylic acids is 1. The molecule has 4 rings (SSSR count). The fourth-order valence-corrected chi connectivity index (χ4v) is 3.10. The lowest BCUT2D eigenvalue weighted by atomic mass is 10.1. The minimum Gasteiger partial charge on any atom is -0.331 e. The largest absolute Gasteiger partial charge is 0.359 e. The van der Waals surface area contributed by atoms with E-state index in [0.717, 1.165) is 21.5 Å². The maximum Gasteiger partial charge on any atom is 0.359 e. The molecule has 0 saturated heterocycles. The molecular weight excluding hydrogens is 407 g/mol. The molecular formula is C22H16Cl2N4O. The summed E-state index contributed by atoms with van der Waals surface area (Å²) in [6, 6.07) is 23.7. The number of rotatable bonds is 4. The summed E-state index contributed by atoms with van der Waals surface area (Å²) in [7, 11) is 0. The van der Waals surface area contributed by atoms with Crippen LogP contribution in [0.25, 0.3) is 22.5 Å². The highest BCUT2D eigenvalue weighted by Crippen LogP contribution is 2.30. The van der Waals surface area contributed by atoms with Crippen LogP contribution in [0.5, 0.6) is 0 Å². The molecule has 7 heteroatoms. The summed E-state index contributed by atoms with van der Waals surface area (Å²) in [5.41, 5.74) is 3.77. The van der Waals surface area contributed by atoms with Gasteiger partial charge in [-0.25, -0.2) is 4.79 Å². The van der Waals surface area contributed by atoms with Gasteiger partial charge in [0.2, 0.25) is 0 Å². The second kappa shape index (κ2) is 8.47. The third-order valence-corrected chi connectivity index (χ3v) is 4.82. The summed E-state index contributed by atoms with van der Waals surface area (Å²) >= 11 is 12.0. The predicted molar refractivity (Wildman–Crippen MR) is 115 cm³/mol. The standard InChI is InChI=1S/C22H16Cl2N4O/c23-18-10-6-16(7-11-18)20-21(17-8-12-19(24)13-9-17)27-28(26-20)22(29)25-14-15-4-2-1-3-5-15/h1-13H,14H2,(H,25,29). The van der Waals surface area contributed by atoms with E-state index in [4.69, 9.17) is 23.2 Å². The van der Waals surface area contributed by atoms with Crippen molar-refractivity contribution in [1.29, 1.82) is 0 Å². The molecule has 0 radical (unpaired) electrons. The molecule has 29 heavy (non-hydrogen) atoms. The molecule has 0 saturated carbocycles. The van der Waals surface area contributed by atoms with Crippen molar-refractivity contribution in [2.24, 2.45) is 0 Å². The number of halogens is 2. The molecule has 0 atom stereocenters. The molecule has 0 unspecified atom stereocenters. The van der Waals surface area contributed by atoms with Gasteiger partial charge in [0.1, 0.15) is 11.4 Å². The van der Waals surface area contributed by atoms with E-state index in [0.29, 0.717) is 28.0 Å². The van der Waals surface area contributed by atoms with Crippen molar-refractivity contribution < 1.29 is 4.79 Å². The Balaban J connectivity index is 1.68. The number of benzene rings is 3. The molecule has 0 aliphatic heterocycles. The van der Waals surface area contributed by atoms with Gasteiger partial charge in [-0.15, -0.1) is 10.2 Å². The Morgan fingerprint density at radius 1 is 0.759 bits per heavy atom. The van der Waals surface area contributed by atoms with E-state index in [1.165, 1.54) is 0 Å². The summed E-state index contributed by atoms with van der Waals surface area (Å²) in [6.07, 6.45) is 0. The van der Waals surface area contributed by atoms with Crippen LogP contribution >= 0.6 is 23.2 Å². The van der Waals surface area contributed by atoms with E-state index in [2.05, 4.69) is 15.5 Å². The molecule has 0 aliphatic carbocycles. The Morgan fingerprint density at radius 3 is 1.72 bits per heavy atom. The number of hydrogen-bond acceptors (Lipinski definition) is 3. The smallest absolute Gasteiger partial charge is 0.331 e. The lowest BCUT2D eigenvalue weighted by Crippen LogP contribution is -2.29. The fraction of sp³-hybridized carbons (Fsp3) is 0.0455. The van der Waals surface area contributed by atoms with Crippen LogP contribution in [0.4, 0.5) is 4.79 Å². The van der Waals surface area contributed by atoms with Crippen molar-refractivity contribution >= 4 is 29.2 Å². The summed E-state index contributed by atoms with van der Waals surface area (Å²) in [5, 5.41) is 13.0. The van der Waals surface area contributed by atoms with Gasteiger partial charge in [0.05, 0.1) is 0 Å². The van der Waals surface area contributed by atoms with E-state index in [1.54, 1.807) is 24.3 Å². The minimum absolute atomic E-state index is 0.383. The zero-order chi connectivity index (χ0) is 20.2. The fourth-order valence-electron chi connectivity index (χ4n) is 2.85. The van der Waals surface area contributed by atoms with Gasteiger partial charge < -0.3 is 5.32 Å². The molecule has 5 nitrogen and oxygen atoms in total. The summed E-state index contributed by atoms with van der Waals surface area (Å²) < 4.78 is 0. The normalized spacial score (nSPS) is 10.7. The van der Waals surface area contributed by atoms with E-state index < -0.39 is 6.03 Å². The van der Waals surface area contributed by atoms with Crippen LogP contribution in [0.3, 0.4) is 0 Å². The molecule has 144 valence electrons. The minimum atomic E-state index is -0.413. The van der Waals surface area contributed by atoms with Crippen LogP contribution in [0.2, 0.25) is 10.0 Å². The molecule has 0 aliphatic rings. The molecule has 0 spiro atoms. The van der Waals surface area contributed by atoms with E-state index in [9.17, 15) is 4.79 Å². The van der Waals surface area contributed by atoms with E-state index in [1.807, 2.05) is 54.6 Å². The van der Waals surface area contributed by atoms with Crippen molar-refractivity contribution in [3.8, 4) is 22.5 Å². The van der Waals surface area contributed by atoms with Crippen LogP contribution in [0, 0.1) is 0 Å². The van der Waals surface area contributed by atoms with Crippen molar-refractivity contribution in [3.63, 3.8) is 0 Å². The molecule has 1 aromatic heterocycles. The Morgan fingerprint density at radius 2 is 1.24 bits per heavy atom. The summed E-state index contributed by atoms with van der Waals surface area (Å²) in [6.45, 7) is 0.383. The average molecular weight is 423 g/mol. The van der Waals surface area contributed by atoms with E-state index in [-0.39, 0.29) is 0 Å².